The van der Waals surface area contributed by atoms with Gasteiger partial charge in [0.15, 0.2) is 11.5 Å². The Bertz CT molecular complexity index is 777. The van der Waals surface area contributed by atoms with Gasteiger partial charge in [-0.2, -0.15) is 0 Å². The van der Waals surface area contributed by atoms with E-state index in [2.05, 4.69) is 10.6 Å². The van der Waals surface area contributed by atoms with E-state index in [1.807, 2.05) is 12.1 Å². The molecule has 2 N–H and O–H groups in total. The number of para-hydroxylation sites is 1. The second-order valence-electron chi connectivity index (χ2n) is 5.76. The van der Waals surface area contributed by atoms with E-state index in [0.717, 1.165) is 11.3 Å². The first kappa shape index (κ1) is 20.0. The molecule has 0 aliphatic rings. The highest BCUT2D eigenvalue weighted by molar-refractivity contribution is 5.76. The highest BCUT2D eigenvalue weighted by Gasteiger charge is 2.10. The fraction of sp³-hybridized carbons (Fsp3) is 0.316. The number of hydrogen-bond donors (Lipinski definition) is 2. The van der Waals surface area contributed by atoms with Gasteiger partial charge in [-0.1, -0.05) is 12.1 Å². The number of non-ortho nitro benzene ring substituents is 1. The number of ether oxygens (including phenoxy) is 2. The summed E-state index contributed by atoms with van der Waals surface area (Å²) in [7, 11) is 3.13. The molecule has 2 rings (SSSR count). The zero-order valence-corrected chi connectivity index (χ0v) is 15.4. The second-order valence-corrected chi connectivity index (χ2v) is 5.76. The van der Waals surface area contributed by atoms with Crippen molar-refractivity contribution in [3.05, 3.63) is 58.1 Å². The third-order valence-electron chi connectivity index (χ3n) is 3.95. The molecule has 8 heteroatoms. The highest BCUT2D eigenvalue weighted by atomic mass is 16.6. The van der Waals surface area contributed by atoms with Crippen molar-refractivity contribution < 1.29 is 19.2 Å². The number of nitrogens with one attached hydrogen (secondary N) is 2. The molecule has 0 aliphatic heterocycles. The van der Waals surface area contributed by atoms with Crippen LogP contribution in [0.5, 0.6) is 11.5 Å². The first-order chi connectivity index (χ1) is 13.0. The third-order valence-corrected chi connectivity index (χ3v) is 3.95. The van der Waals surface area contributed by atoms with Gasteiger partial charge in [-0.05, 0) is 24.6 Å². The van der Waals surface area contributed by atoms with Crippen LogP contribution in [-0.4, -0.2) is 31.6 Å². The van der Waals surface area contributed by atoms with Gasteiger partial charge in [0.2, 0.25) is 5.91 Å². The average Bonchev–Trinajstić information content (AvgIpc) is 2.69. The minimum Gasteiger partial charge on any atom is -0.493 e. The van der Waals surface area contributed by atoms with Crippen LogP contribution in [0.3, 0.4) is 0 Å². The first-order valence-electron chi connectivity index (χ1n) is 8.50. The number of hydrogen-bond acceptors (Lipinski definition) is 6. The van der Waals surface area contributed by atoms with E-state index in [4.69, 9.17) is 9.47 Å². The summed E-state index contributed by atoms with van der Waals surface area (Å²) in [6.07, 6.45) is 1.00. The lowest BCUT2D eigenvalue weighted by atomic mass is 10.1. The number of anilines is 1. The van der Waals surface area contributed by atoms with Crippen LogP contribution in [0.25, 0.3) is 0 Å². The lowest BCUT2D eigenvalue weighted by Gasteiger charge is -2.13. The first-order valence-corrected chi connectivity index (χ1v) is 8.50. The van der Waals surface area contributed by atoms with Gasteiger partial charge >= 0.3 is 0 Å². The minimum atomic E-state index is -0.439. The van der Waals surface area contributed by atoms with Crippen LogP contribution in [0.15, 0.2) is 42.5 Å². The van der Waals surface area contributed by atoms with Gasteiger partial charge in [-0.15, -0.1) is 0 Å². The van der Waals surface area contributed by atoms with Gasteiger partial charge in [0, 0.05) is 42.9 Å². The largest absolute Gasteiger partial charge is 0.493 e. The van der Waals surface area contributed by atoms with Crippen molar-refractivity contribution >= 4 is 17.3 Å². The fourth-order valence-electron chi connectivity index (χ4n) is 2.56. The zero-order chi connectivity index (χ0) is 19.6. The molecule has 0 unspecified atom stereocenters. The van der Waals surface area contributed by atoms with Crippen molar-refractivity contribution in [1.82, 2.24) is 5.32 Å². The molecular formula is C19H23N3O5. The van der Waals surface area contributed by atoms with Crippen LogP contribution in [0, 0.1) is 10.1 Å². The van der Waals surface area contributed by atoms with Crippen LogP contribution in [0.2, 0.25) is 0 Å². The van der Waals surface area contributed by atoms with E-state index in [-0.39, 0.29) is 11.6 Å². The molecule has 0 aromatic heterocycles. The number of amides is 1. The smallest absolute Gasteiger partial charge is 0.269 e. The van der Waals surface area contributed by atoms with Gasteiger partial charge in [0.05, 0.1) is 19.1 Å². The fourth-order valence-corrected chi connectivity index (χ4v) is 2.56. The molecule has 0 saturated heterocycles. The molecule has 2 aromatic rings. The van der Waals surface area contributed by atoms with Crippen LogP contribution in [0.4, 0.5) is 11.4 Å². The predicted octanol–water partition coefficient (Wildman–Crippen LogP) is 3.12. The standard InChI is InChI=1S/C19H23N3O5/c1-26-17-6-3-5-14(19(17)27-2)13-21-18(23)7-4-12-20-15-8-10-16(11-9-15)22(24)25/h3,5-6,8-11,20H,4,7,12-13H2,1-2H3,(H,21,23). The molecule has 1 amide bonds. The van der Waals surface area contributed by atoms with Crippen molar-refractivity contribution in [2.24, 2.45) is 0 Å². The molecule has 0 fully saturated rings. The van der Waals surface area contributed by atoms with E-state index in [1.165, 1.54) is 12.1 Å². The minimum absolute atomic E-state index is 0.0490. The van der Waals surface area contributed by atoms with E-state index in [1.54, 1.807) is 32.4 Å². The van der Waals surface area contributed by atoms with Gasteiger partial charge in [-0.25, -0.2) is 0 Å². The second kappa shape index (κ2) is 10.0. The number of nitrogens with zero attached hydrogens (tertiary/aromatic N) is 1. The van der Waals surface area contributed by atoms with Crippen molar-refractivity contribution in [2.45, 2.75) is 19.4 Å². The predicted molar refractivity (Wildman–Crippen MR) is 102 cm³/mol. The maximum absolute atomic E-state index is 12.0. The molecule has 0 heterocycles. The molecule has 0 atom stereocenters. The summed E-state index contributed by atoms with van der Waals surface area (Å²) in [6.45, 7) is 0.947. The van der Waals surface area contributed by atoms with Crippen molar-refractivity contribution in [2.75, 3.05) is 26.1 Å². The molecule has 2 aromatic carbocycles. The number of nitro groups is 1. The topological polar surface area (TPSA) is 103 Å². The summed E-state index contributed by atoms with van der Waals surface area (Å²) in [5.41, 5.74) is 1.67. The van der Waals surface area contributed by atoms with E-state index < -0.39 is 4.92 Å². The molecule has 0 aliphatic carbocycles. The monoisotopic (exact) mass is 373 g/mol. The molecule has 0 spiro atoms. The van der Waals surface area contributed by atoms with Crippen LogP contribution in [-0.2, 0) is 11.3 Å². The average molecular weight is 373 g/mol. The normalized spacial score (nSPS) is 10.1. The lowest BCUT2D eigenvalue weighted by molar-refractivity contribution is -0.384. The summed E-state index contributed by atoms with van der Waals surface area (Å²) in [5, 5.41) is 16.6. The number of carbonyl (C=O) groups is 1. The molecule has 8 nitrogen and oxygen atoms in total. The molecule has 0 saturated carbocycles. The maximum Gasteiger partial charge on any atom is 0.269 e. The maximum atomic E-state index is 12.0. The summed E-state index contributed by atoms with van der Waals surface area (Å²) in [6, 6.07) is 11.7. The van der Waals surface area contributed by atoms with Gasteiger partial charge in [-0.3, -0.25) is 14.9 Å². The Labute approximate surface area is 157 Å². The Morgan fingerprint density at radius 2 is 1.85 bits per heavy atom. The van der Waals surface area contributed by atoms with Crippen molar-refractivity contribution in [3.8, 4) is 11.5 Å². The Balaban J connectivity index is 1.73. The summed E-state index contributed by atoms with van der Waals surface area (Å²) in [4.78, 5) is 22.2. The van der Waals surface area contributed by atoms with Gasteiger partial charge in [0.1, 0.15) is 0 Å². The van der Waals surface area contributed by atoms with Gasteiger partial charge < -0.3 is 20.1 Å². The van der Waals surface area contributed by atoms with Gasteiger partial charge in [0.25, 0.3) is 5.69 Å². The van der Waals surface area contributed by atoms with E-state index >= 15 is 0 Å². The van der Waals surface area contributed by atoms with Crippen LogP contribution in [0.1, 0.15) is 18.4 Å². The zero-order valence-electron chi connectivity index (χ0n) is 15.4. The molecular weight excluding hydrogens is 350 g/mol. The molecule has 0 bridgehead atoms. The molecule has 0 radical (unpaired) electrons. The van der Waals surface area contributed by atoms with Crippen molar-refractivity contribution in [1.29, 1.82) is 0 Å². The number of benzene rings is 2. The SMILES string of the molecule is COc1cccc(CNC(=O)CCCNc2ccc([N+](=O)[O-])cc2)c1OC. The lowest BCUT2D eigenvalue weighted by Crippen LogP contribution is -2.23. The molecule has 144 valence electrons. The summed E-state index contributed by atoms with van der Waals surface area (Å²) < 4.78 is 10.6. The Hall–Kier alpha value is -3.29. The van der Waals surface area contributed by atoms with Crippen LogP contribution < -0.4 is 20.1 Å². The third kappa shape index (κ3) is 5.88. The summed E-state index contributed by atoms with van der Waals surface area (Å²) >= 11 is 0. The highest BCUT2D eigenvalue weighted by Crippen LogP contribution is 2.30. The summed E-state index contributed by atoms with van der Waals surface area (Å²) in [5.74, 6) is 1.17. The van der Waals surface area contributed by atoms with E-state index in [0.29, 0.717) is 37.4 Å². The number of nitro benzene ring substituents is 1. The Morgan fingerprint density at radius 1 is 1.11 bits per heavy atom. The quantitative estimate of drug-likeness (QED) is 0.377. The number of carbonyl (C=O) groups excluding carboxylic acids is 1. The Morgan fingerprint density at radius 3 is 2.48 bits per heavy atom. The number of rotatable bonds is 10. The Kier molecular flexibility index (Phi) is 7.42. The molecule has 27 heavy (non-hydrogen) atoms. The van der Waals surface area contributed by atoms with Crippen molar-refractivity contribution in [3.63, 3.8) is 0 Å². The van der Waals surface area contributed by atoms with Crippen LogP contribution >= 0.6 is 0 Å². The number of methoxy groups -OCH3 is 2. The van der Waals surface area contributed by atoms with E-state index in [9.17, 15) is 14.9 Å².